The molecule has 1 saturated heterocycles. The number of nitrogens with zero attached hydrogens (tertiary/aromatic N) is 4. The van der Waals surface area contributed by atoms with Gasteiger partial charge in [-0.15, -0.1) is 11.3 Å². The molecular formula is C33H35F3N4O2S. The summed E-state index contributed by atoms with van der Waals surface area (Å²) in [5, 5.41) is 2.09. The van der Waals surface area contributed by atoms with Gasteiger partial charge in [0.1, 0.15) is 10.7 Å². The minimum absolute atomic E-state index is 0.0974. The number of piperidine rings is 1. The molecular weight excluding hydrogens is 573 g/mol. The molecule has 0 spiro atoms. The zero-order chi connectivity index (χ0) is 30.9. The molecule has 1 fully saturated rings. The van der Waals surface area contributed by atoms with Crippen molar-refractivity contribution in [1.82, 2.24) is 19.4 Å². The van der Waals surface area contributed by atoms with E-state index in [-0.39, 0.29) is 22.9 Å². The summed E-state index contributed by atoms with van der Waals surface area (Å²) < 4.78 is 40.9. The highest BCUT2D eigenvalue weighted by Crippen LogP contribution is 2.33. The molecule has 0 atom stereocenters. The maximum absolute atomic E-state index is 14.5. The predicted molar refractivity (Wildman–Crippen MR) is 164 cm³/mol. The molecule has 0 radical (unpaired) electrons. The number of alkyl halides is 3. The van der Waals surface area contributed by atoms with Gasteiger partial charge in [-0.2, -0.15) is 13.2 Å². The fourth-order valence-corrected chi connectivity index (χ4v) is 6.36. The van der Waals surface area contributed by atoms with Crippen molar-refractivity contribution in [1.29, 1.82) is 0 Å². The predicted octanol–water partition coefficient (Wildman–Crippen LogP) is 7.74. The van der Waals surface area contributed by atoms with Crippen LogP contribution in [0.1, 0.15) is 72.9 Å². The number of hydrogen-bond acceptors (Lipinski definition) is 5. The summed E-state index contributed by atoms with van der Waals surface area (Å²) in [4.78, 5) is 38.7. The molecule has 10 heteroatoms. The quantitative estimate of drug-likeness (QED) is 0.215. The zero-order valence-corrected chi connectivity index (χ0v) is 25.6. The van der Waals surface area contributed by atoms with Crippen LogP contribution in [0.4, 0.5) is 13.2 Å². The Kier molecular flexibility index (Phi) is 8.87. The van der Waals surface area contributed by atoms with Gasteiger partial charge in [-0.05, 0) is 80.3 Å². The number of rotatable bonds is 7. The minimum Gasteiger partial charge on any atom is -0.339 e. The van der Waals surface area contributed by atoms with E-state index in [0.717, 1.165) is 48.3 Å². The molecule has 0 aliphatic carbocycles. The lowest BCUT2D eigenvalue weighted by atomic mass is 9.97. The Labute approximate surface area is 253 Å². The average Bonchev–Trinajstić information content (AvgIpc) is 3.47. The van der Waals surface area contributed by atoms with Crippen molar-refractivity contribution in [2.45, 2.75) is 66.0 Å². The smallest absolute Gasteiger partial charge is 0.339 e. The Morgan fingerprint density at radius 3 is 2.44 bits per heavy atom. The molecule has 4 heterocycles. The summed E-state index contributed by atoms with van der Waals surface area (Å²) in [6, 6.07) is 9.96. The Hall–Kier alpha value is -3.79. The molecule has 1 amide bonds. The highest BCUT2D eigenvalue weighted by atomic mass is 32.1. The molecule has 4 aromatic rings. The number of aryl methyl sites for hydroxylation is 2. The molecule has 226 valence electrons. The van der Waals surface area contributed by atoms with Gasteiger partial charge in [-0.25, -0.2) is 4.98 Å². The molecule has 1 aliphatic rings. The minimum atomic E-state index is -4.54. The van der Waals surface area contributed by atoms with E-state index in [1.165, 1.54) is 17.4 Å². The van der Waals surface area contributed by atoms with Gasteiger partial charge in [0.25, 0.3) is 11.5 Å². The number of carbonyl (C=O) groups is 1. The summed E-state index contributed by atoms with van der Waals surface area (Å²) >= 11 is 1.21. The second-order valence-corrected chi connectivity index (χ2v) is 12.3. The summed E-state index contributed by atoms with van der Waals surface area (Å²) in [6.07, 6.45) is 0.778. The monoisotopic (exact) mass is 608 g/mol. The largest absolute Gasteiger partial charge is 0.433 e. The highest BCUT2D eigenvalue weighted by molar-refractivity contribution is 7.13. The van der Waals surface area contributed by atoms with Crippen LogP contribution in [0.15, 0.2) is 52.8 Å². The van der Waals surface area contributed by atoms with E-state index >= 15 is 0 Å². The number of aromatic nitrogens is 3. The van der Waals surface area contributed by atoms with Gasteiger partial charge in [-0.3, -0.25) is 19.1 Å². The third-order valence-electron chi connectivity index (χ3n) is 7.73. The summed E-state index contributed by atoms with van der Waals surface area (Å²) in [6.45, 7) is 9.49. The first-order valence-corrected chi connectivity index (χ1v) is 15.5. The Morgan fingerprint density at radius 2 is 1.81 bits per heavy atom. The Morgan fingerprint density at radius 1 is 1.07 bits per heavy atom. The first-order valence-electron chi connectivity index (χ1n) is 14.7. The third-order valence-corrected chi connectivity index (χ3v) is 8.60. The van der Waals surface area contributed by atoms with E-state index < -0.39 is 11.9 Å². The zero-order valence-electron chi connectivity index (χ0n) is 24.8. The van der Waals surface area contributed by atoms with E-state index in [0.29, 0.717) is 53.5 Å². The van der Waals surface area contributed by atoms with Crippen LogP contribution in [0.5, 0.6) is 0 Å². The standard InChI is InChI=1S/C33H35F3N4O2S/c1-5-22-10-9-21(4)16-27(22)40-28(15-20(2)3)24(31(41)39-13-7-6-8-14-39)17-25(32(40)42)30-38-26(19-43-30)23-11-12-29(37-18-23)33(34,35)36/h9-12,16-20H,5-8,13-15H2,1-4H3. The van der Waals surface area contributed by atoms with Crippen molar-refractivity contribution in [3.63, 3.8) is 0 Å². The highest BCUT2D eigenvalue weighted by Gasteiger charge is 2.32. The molecule has 0 N–H and O–H groups in total. The van der Waals surface area contributed by atoms with Gasteiger partial charge in [0.15, 0.2) is 0 Å². The SMILES string of the molecule is CCc1ccc(C)cc1-n1c(CC(C)C)c(C(=O)N2CCCCC2)cc(-c2nc(-c3ccc(C(F)(F)F)nc3)cs2)c1=O. The van der Waals surface area contributed by atoms with E-state index in [9.17, 15) is 22.8 Å². The summed E-state index contributed by atoms with van der Waals surface area (Å²) in [5.74, 6) is 0.0812. The Balaban J connectivity index is 1.73. The van der Waals surface area contributed by atoms with Crippen LogP contribution in [0.2, 0.25) is 0 Å². The lowest BCUT2D eigenvalue weighted by Gasteiger charge is -2.29. The number of thiazole rings is 1. The van der Waals surface area contributed by atoms with Gasteiger partial charge >= 0.3 is 6.18 Å². The molecule has 0 saturated carbocycles. The first kappa shape index (κ1) is 30.7. The first-order chi connectivity index (χ1) is 20.5. The van der Waals surface area contributed by atoms with Crippen molar-refractivity contribution in [3.05, 3.63) is 86.4 Å². The van der Waals surface area contributed by atoms with Crippen LogP contribution in [0.3, 0.4) is 0 Å². The van der Waals surface area contributed by atoms with E-state index in [2.05, 4.69) is 23.8 Å². The molecule has 1 aliphatic heterocycles. The van der Waals surface area contributed by atoms with E-state index in [4.69, 9.17) is 0 Å². The topological polar surface area (TPSA) is 68.1 Å². The fraction of sp³-hybridized carbons (Fsp3) is 0.394. The summed E-state index contributed by atoms with van der Waals surface area (Å²) in [7, 11) is 0. The fourth-order valence-electron chi connectivity index (χ4n) is 5.53. The van der Waals surface area contributed by atoms with Gasteiger partial charge in [0.2, 0.25) is 0 Å². The summed E-state index contributed by atoms with van der Waals surface area (Å²) in [5.41, 5.74) is 3.74. The van der Waals surface area contributed by atoms with E-state index in [1.54, 1.807) is 16.0 Å². The van der Waals surface area contributed by atoms with Crippen LogP contribution in [0, 0.1) is 12.8 Å². The lowest BCUT2D eigenvalue weighted by molar-refractivity contribution is -0.141. The van der Waals surface area contributed by atoms with Crippen molar-refractivity contribution in [2.24, 2.45) is 5.92 Å². The van der Waals surface area contributed by atoms with Crippen LogP contribution in [-0.2, 0) is 19.0 Å². The van der Waals surface area contributed by atoms with Crippen molar-refractivity contribution >= 4 is 17.2 Å². The average molecular weight is 609 g/mol. The number of pyridine rings is 2. The van der Waals surface area contributed by atoms with Crippen molar-refractivity contribution in [3.8, 4) is 27.5 Å². The molecule has 0 unspecified atom stereocenters. The van der Waals surface area contributed by atoms with E-state index in [1.807, 2.05) is 36.9 Å². The molecule has 0 bridgehead atoms. The third kappa shape index (κ3) is 6.44. The maximum atomic E-state index is 14.5. The van der Waals surface area contributed by atoms with Gasteiger partial charge in [0, 0.05) is 35.9 Å². The van der Waals surface area contributed by atoms with Crippen molar-refractivity contribution in [2.75, 3.05) is 13.1 Å². The van der Waals surface area contributed by atoms with Gasteiger partial charge in [-0.1, -0.05) is 32.9 Å². The lowest BCUT2D eigenvalue weighted by Crippen LogP contribution is -2.38. The Bertz CT molecular complexity index is 1680. The number of likely N-dealkylation sites (tertiary alicyclic amines) is 1. The molecule has 43 heavy (non-hydrogen) atoms. The molecule has 1 aromatic carbocycles. The van der Waals surface area contributed by atoms with Crippen molar-refractivity contribution < 1.29 is 18.0 Å². The number of halogens is 3. The normalized spacial score (nSPS) is 14.0. The van der Waals surface area contributed by atoms with Crippen LogP contribution >= 0.6 is 11.3 Å². The van der Waals surface area contributed by atoms with Crippen LogP contribution < -0.4 is 5.56 Å². The van der Waals surface area contributed by atoms with Gasteiger partial charge < -0.3 is 4.90 Å². The van der Waals surface area contributed by atoms with Gasteiger partial charge in [0.05, 0.1) is 22.5 Å². The number of benzene rings is 1. The second-order valence-electron chi connectivity index (χ2n) is 11.5. The maximum Gasteiger partial charge on any atom is 0.433 e. The number of amides is 1. The van der Waals surface area contributed by atoms with Crippen LogP contribution in [0.25, 0.3) is 27.5 Å². The molecule has 3 aromatic heterocycles. The molecule has 6 nitrogen and oxygen atoms in total. The number of carbonyl (C=O) groups excluding carboxylic acids is 1. The molecule has 5 rings (SSSR count). The van der Waals surface area contributed by atoms with Crippen LogP contribution in [-0.4, -0.2) is 38.4 Å². The number of hydrogen-bond donors (Lipinski definition) is 0. The second kappa shape index (κ2) is 12.4.